The Bertz CT molecular complexity index is 521. The molecule has 0 N–H and O–H groups in total. The number of nitrogens with zero attached hydrogens (tertiary/aromatic N) is 3. The highest BCUT2D eigenvalue weighted by Crippen LogP contribution is 2.27. The molecule has 0 bridgehead atoms. The van der Waals surface area contributed by atoms with Gasteiger partial charge in [0, 0.05) is 12.2 Å². The van der Waals surface area contributed by atoms with Crippen molar-refractivity contribution in [2.75, 3.05) is 18.0 Å². The molecule has 0 aromatic carbocycles. The lowest BCUT2D eigenvalue weighted by Crippen LogP contribution is -2.33. The lowest BCUT2D eigenvalue weighted by Gasteiger charge is -2.27. The van der Waals surface area contributed by atoms with Crippen LogP contribution in [0.1, 0.15) is 50.6 Å². The Morgan fingerprint density at radius 3 is 2.86 bits per heavy atom. The standard InChI is InChI=1S/C17H27N3O/c1-12(2)19-21-14(4)11-20-9-7-6-8-16-17(20)10-13(3)15(5)18-16/h10,14H,6-9,11H2,1-5H3. The maximum atomic E-state index is 5.54. The average Bonchev–Trinajstić information content (AvgIpc) is 2.60. The summed E-state index contributed by atoms with van der Waals surface area (Å²) in [6, 6.07) is 2.28. The van der Waals surface area contributed by atoms with Gasteiger partial charge in [-0.25, -0.2) is 0 Å². The molecule has 116 valence electrons. The summed E-state index contributed by atoms with van der Waals surface area (Å²) in [5.41, 5.74) is 5.87. The van der Waals surface area contributed by atoms with Crippen LogP contribution in [0.5, 0.6) is 0 Å². The topological polar surface area (TPSA) is 37.7 Å². The minimum Gasteiger partial charge on any atom is -0.391 e. The molecule has 21 heavy (non-hydrogen) atoms. The third-order valence-corrected chi connectivity index (χ3v) is 3.85. The third kappa shape index (κ3) is 4.19. The Balaban J connectivity index is 2.17. The van der Waals surface area contributed by atoms with Gasteiger partial charge in [0.1, 0.15) is 6.10 Å². The van der Waals surface area contributed by atoms with Crippen molar-refractivity contribution in [2.45, 2.75) is 60.0 Å². The second-order valence-corrected chi connectivity index (χ2v) is 6.21. The van der Waals surface area contributed by atoms with Crippen LogP contribution in [-0.2, 0) is 11.3 Å². The first kappa shape index (κ1) is 15.8. The number of rotatable bonds is 4. The molecule has 1 aliphatic rings. The monoisotopic (exact) mass is 289 g/mol. The van der Waals surface area contributed by atoms with E-state index in [4.69, 9.17) is 9.82 Å². The van der Waals surface area contributed by atoms with Crippen LogP contribution >= 0.6 is 0 Å². The number of aryl methyl sites for hydroxylation is 3. The predicted molar refractivity (Wildman–Crippen MR) is 88.2 cm³/mol. The van der Waals surface area contributed by atoms with Crippen LogP contribution in [0.15, 0.2) is 11.2 Å². The van der Waals surface area contributed by atoms with Crippen LogP contribution in [0.3, 0.4) is 0 Å². The van der Waals surface area contributed by atoms with Crippen molar-refractivity contribution in [2.24, 2.45) is 5.16 Å². The van der Waals surface area contributed by atoms with Gasteiger partial charge < -0.3 is 9.74 Å². The highest BCUT2D eigenvalue weighted by molar-refractivity contribution is 5.78. The molecule has 0 spiro atoms. The molecule has 1 aliphatic heterocycles. The van der Waals surface area contributed by atoms with E-state index in [0.717, 1.165) is 30.9 Å². The van der Waals surface area contributed by atoms with Crippen molar-refractivity contribution >= 4 is 11.4 Å². The number of fused-ring (bicyclic) bond motifs is 1. The zero-order valence-electron chi connectivity index (χ0n) is 13.9. The Morgan fingerprint density at radius 2 is 2.14 bits per heavy atom. The van der Waals surface area contributed by atoms with Gasteiger partial charge in [-0.3, -0.25) is 4.98 Å². The zero-order valence-corrected chi connectivity index (χ0v) is 13.9. The summed E-state index contributed by atoms with van der Waals surface area (Å²) in [5.74, 6) is 0. The molecule has 4 heteroatoms. The molecule has 1 aromatic heterocycles. The predicted octanol–water partition coefficient (Wildman–Crippen LogP) is 3.64. The van der Waals surface area contributed by atoms with Crippen LogP contribution < -0.4 is 4.90 Å². The largest absolute Gasteiger partial charge is 0.391 e. The van der Waals surface area contributed by atoms with E-state index in [2.05, 4.69) is 36.9 Å². The molecule has 1 aromatic rings. The number of hydrogen-bond acceptors (Lipinski definition) is 4. The van der Waals surface area contributed by atoms with Crippen molar-refractivity contribution in [1.29, 1.82) is 0 Å². The second kappa shape index (κ2) is 6.92. The highest BCUT2D eigenvalue weighted by Gasteiger charge is 2.20. The van der Waals surface area contributed by atoms with E-state index in [9.17, 15) is 0 Å². The van der Waals surface area contributed by atoms with Crippen LogP contribution in [0.2, 0.25) is 0 Å². The number of anilines is 1. The van der Waals surface area contributed by atoms with Crippen LogP contribution in [0.25, 0.3) is 0 Å². The number of hydrogen-bond donors (Lipinski definition) is 0. The summed E-state index contributed by atoms with van der Waals surface area (Å²) >= 11 is 0. The SMILES string of the molecule is CC(C)=NOC(C)CN1CCCCc2nc(C)c(C)cc21. The molecule has 0 fully saturated rings. The zero-order chi connectivity index (χ0) is 15.4. The average molecular weight is 289 g/mol. The van der Waals surface area contributed by atoms with E-state index in [1.165, 1.54) is 29.8 Å². The Morgan fingerprint density at radius 1 is 1.38 bits per heavy atom. The Labute approximate surface area is 128 Å². The Kier molecular flexibility index (Phi) is 5.21. The van der Waals surface area contributed by atoms with E-state index in [1.54, 1.807) is 0 Å². The minimum atomic E-state index is 0.0764. The summed E-state index contributed by atoms with van der Waals surface area (Å²) in [7, 11) is 0. The summed E-state index contributed by atoms with van der Waals surface area (Å²) in [4.78, 5) is 12.7. The van der Waals surface area contributed by atoms with Crippen molar-refractivity contribution in [1.82, 2.24) is 4.98 Å². The minimum absolute atomic E-state index is 0.0764. The van der Waals surface area contributed by atoms with Gasteiger partial charge >= 0.3 is 0 Å². The van der Waals surface area contributed by atoms with Gasteiger partial charge in [0.15, 0.2) is 0 Å². The molecule has 2 rings (SSSR count). The fourth-order valence-corrected chi connectivity index (χ4v) is 2.64. The van der Waals surface area contributed by atoms with E-state index in [-0.39, 0.29) is 6.10 Å². The van der Waals surface area contributed by atoms with Gasteiger partial charge in [0.2, 0.25) is 0 Å². The number of oxime groups is 1. The van der Waals surface area contributed by atoms with Crippen molar-refractivity contribution in [3.63, 3.8) is 0 Å². The van der Waals surface area contributed by atoms with E-state index >= 15 is 0 Å². The molecular weight excluding hydrogens is 262 g/mol. The summed E-state index contributed by atoms with van der Waals surface area (Å²) in [6.07, 6.45) is 3.57. The lowest BCUT2D eigenvalue weighted by atomic mass is 10.1. The quantitative estimate of drug-likeness (QED) is 0.627. The maximum absolute atomic E-state index is 5.54. The van der Waals surface area contributed by atoms with Crippen LogP contribution in [0.4, 0.5) is 5.69 Å². The van der Waals surface area contributed by atoms with E-state index in [0.29, 0.717) is 0 Å². The maximum Gasteiger partial charge on any atom is 0.142 e. The lowest BCUT2D eigenvalue weighted by molar-refractivity contribution is 0.0768. The van der Waals surface area contributed by atoms with Crippen molar-refractivity contribution < 1.29 is 4.84 Å². The van der Waals surface area contributed by atoms with Gasteiger partial charge in [-0.05, 0) is 65.5 Å². The molecule has 1 unspecified atom stereocenters. The van der Waals surface area contributed by atoms with E-state index in [1.807, 2.05) is 13.8 Å². The number of pyridine rings is 1. The van der Waals surface area contributed by atoms with Gasteiger partial charge in [-0.2, -0.15) is 0 Å². The van der Waals surface area contributed by atoms with Crippen molar-refractivity contribution in [3.8, 4) is 0 Å². The molecule has 0 radical (unpaired) electrons. The molecule has 1 atom stereocenters. The molecule has 0 saturated heterocycles. The highest BCUT2D eigenvalue weighted by atomic mass is 16.6. The van der Waals surface area contributed by atoms with Gasteiger partial charge in [0.25, 0.3) is 0 Å². The van der Waals surface area contributed by atoms with Crippen LogP contribution in [0, 0.1) is 13.8 Å². The normalized spacial score (nSPS) is 16.0. The molecular formula is C17H27N3O. The first-order valence-corrected chi connectivity index (χ1v) is 7.86. The van der Waals surface area contributed by atoms with Crippen molar-refractivity contribution in [3.05, 3.63) is 23.0 Å². The van der Waals surface area contributed by atoms with Crippen LogP contribution in [-0.4, -0.2) is 29.9 Å². The summed E-state index contributed by atoms with van der Waals surface area (Å²) in [5, 5.41) is 4.08. The third-order valence-electron chi connectivity index (χ3n) is 3.85. The molecule has 0 saturated carbocycles. The first-order valence-electron chi connectivity index (χ1n) is 7.86. The smallest absolute Gasteiger partial charge is 0.142 e. The second-order valence-electron chi connectivity index (χ2n) is 6.21. The summed E-state index contributed by atoms with van der Waals surface area (Å²) in [6.45, 7) is 12.1. The van der Waals surface area contributed by atoms with Gasteiger partial charge in [-0.1, -0.05) is 5.16 Å². The van der Waals surface area contributed by atoms with Gasteiger partial charge in [-0.15, -0.1) is 0 Å². The summed E-state index contributed by atoms with van der Waals surface area (Å²) < 4.78 is 0. The number of aromatic nitrogens is 1. The fraction of sp³-hybridized carbons (Fsp3) is 0.647. The molecule has 2 heterocycles. The Hall–Kier alpha value is -1.58. The fourth-order valence-electron chi connectivity index (χ4n) is 2.64. The molecule has 4 nitrogen and oxygen atoms in total. The molecule has 0 amide bonds. The van der Waals surface area contributed by atoms with E-state index < -0.39 is 0 Å². The first-order chi connectivity index (χ1) is 9.97. The van der Waals surface area contributed by atoms with Gasteiger partial charge in [0.05, 0.1) is 23.6 Å². The molecule has 0 aliphatic carbocycles.